The van der Waals surface area contributed by atoms with E-state index in [0.29, 0.717) is 16.6 Å². The Kier molecular flexibility index (Phi) is 5.40. The fraction of sp³-hybridized carbons (Fsp3) is 0.250. The van der Waals surface area contributed by atoms with Gasteiger partial charge in [-0.15, -0.1) is 16.4 Å². The van der Waals surface area contributed by atoms with Crippen molar-refractivity contribution in [2.24, 2.45) is 12.8 Å². The molecule has 8 heteroatoms. The third-order valence-corrected chi connectivity index (χ3v) is 5.17. The van der Waals surface area contributed by atoms with Crippen LogP contribution >= 0.6 is 34.5 Å². The highest BCUT2D eigenvalue weighted by atomic mass is 35.5. The molecule has 0 amide bonds. The zero-order chi connectivity index (χ0) is 17.1. The van der Waals surface area contributed by atoms with Gasteiger partial charge in [0, 0.05) is 40.6 Å². The average Bonchev–Trinajstić information content (AvgIpc) is 3.17. The van der Waals surface area contributed by atoms with Gasteiger partial charge in [0.2, 0.25) is 0 Å². The van der Waals surface area contributed by atoms with Crippen LogP contribution in [0.25, 0.3) is 11.3 Å². The fourth-order valence-corrected chi connectivity index (χ4v) is 3.80. The number of hydrogen-bond acceptors (Lipinski definition) is 5. The highest BCUT2D eigenvalue weighted by Crippen LogP contribution is 2.29. The molecule has 0 unspecified atom stereocenters. The van der Waals surface area contributed by atoms with E-state index in [1.165, 1.54) is 0 Å². The van der Waals surface area contributed by atoms with Gasteiger partial charge < -0.3 is 11.1 Å². The highest BCUT2D eigenvalue weighted by Gasteiger charge is 2.13. The van der Waals surface area contributed by atoms with Gasteiger partial charge in [-0.1, -0.05) is 34.5 Å². The lowest BCUT2D eigenvalue weighted by Gasteiger charge is -2.17. The Morgan fingerprint density at radius 3 is 2.83 bits per heavy atom. The van der Waals surface area contributed by atoms with Crippen molar-refractivity contribution < 1.29 is 0 Å². The number of benzene rings is 1. The van der Waals surface area contributed by atoms with Crippen LogP contribution in [0.4, 0.5) is 5.00 Å². The van der Waals surface area contributed by atoms with Crippen LogP contribution in [0.5, 0.6) is 0 Å². The van der Waals surface area contributed by atoms with Crippen LogP contribution in [0.3, 0.4) is 0 Å². The van der Waals surface area contributed by atoms with E-state index in [1.54, 1.807) is 28.3 Å². The summed E-state index contributed by atoms with van der Waals surface area (Å²) < 4.78 is 1.75. The number of aromatic nitrogens is 3. The van der Waals surface area contributed by atoms with Crippen molar-refractivity contribution in [2.45, 2.75) is 12.5 Å². The maximum absolute atomic E-state index is 6.26. The zero-order valence-electron chi connectivity index (χ0n) is 13.0. The molecule has 0 aliphatic carbocycles. The van der Waals surface area contributed by atoms with Crippen LogP contribution in [0.2, 0.25) is 10.0 Å². The average molecular weight is 382 g/mol. The largest absolute Gasteiger partial charge is 0.373 e. The van der Waals surface area contributed by atoms with Gasteiger partial charge in [-0.2, -0.15) is 0 Å². The second-order valence-electron chi connectivity index (χ2n) is 5.46. The highest BCUT2D eigenvalue weighted by molar-refractivity contribution is 7.14. The molecule has 1 atom stereocenters. The summed E-state index contributed by atoms with van der Waals surface area (Å²) in [6.45, 7) is 0.499. The van der Waals surface area contributed by atoms with Gasteiger partial charge in [-0.3, -0.25) is 0 Å². The molecule has 0 aliphatic rings. The molecule has 0 saturated carbocycles. The van der Waals surface area contributed by atoms with E-state index in [2.05, 4.69) is 27.1 Å². The summed E-state index contributed by atoms with van der Waals surface area (Å²) in [5.41, 5.74) is 9.00. The third-order valence-electron chi connectivity index (χ3n) is 3.72. The summed E-state index contributed by atoms with van der Waals surface area (Å²) in [7, 11) is 1.87. The summed E-state index contributed by atoms with van der Waals surface area (Å²) >= 11 is 13.8. The molecule has 1 aromatic carbocycles. The van der Waals surface area contributed by atoms with E-state index in [0.717, 1.165) is 28.2 Å². The van der Waals surface area contributed by atoms with Crippen LogP contribution in [-0.2, 0) is 13.5 Å². The Bertz CT molecular complexity index is 829. The van der Waals surface area contributed by atoms with Gasteiger partial charge >= 0.3 is 0 Å². The molecule has 0 saturated heterocycles. The number of halogens is 2. The van der Waals surface area contributed by atoms with E-state index >= 15 is 0 Å². The normalized spacial score (nSPS) is 12.3. The quantitative estimate of drug-likeness (QED) is 0.680. The zero-order valence-corrected chi connectivity index (χ0v) is 15.4. The van der Waals surface area contributed by atoms with Crippen molar-refractivity contribution in [3.8, 4) is 11.3 Å². The summed E-state index contributed by atoms with van der Waals surface area (Å²) in [5, 5.41) is 15.8. The van der Waals surface area contributed by atoms with E-state index in [1.807, 2.05) is 19.2 Å². The maximum Gasteiger partial charge on any atom is 0.0892 e. The smallest absolute Gasteiger partial charge is 0.0892 e. The van der Waals surface area contributed by atoms with Gasteiger partial charge in [0.25, 0.3) is 0 Å². The standard InChI is InChI=1S/C16H17Cl2N5S/c1-23-15(8-20-22-23)11-5-16(24-9-11)21-13(7-19)4-10-2-3-12(17)6-14(10)18/h2-3,5-6,8-9,13,21H,4,7,19H2,1H3/t13-/m0/s1. The van der Waals surface area contributed by atoms with Crippen molar-refractivity contribution in [3.05, 3.63) is 51.5 Å². The number of thiophene rings is 1. The molecule has 0 fully saturated rings. The van der Waals surface area contributed by atoms with Crippen molar-refractivity contribution in [1.82, 2.24) is 15.0 Å². The molecule has 126 valence electrons. The lowest BCUT2D eigenvalue weighted by Crippen LogP contribution is -2.30. The Morgan fingerprint density at radius 1 is 1.33 bits per heavy atom. The molecule has 2 heterocycles. The minimum atomic E-state index is 0.0832. The first-order valence-corrected chi connectivity index (χ1v) is 9.04. The monoisotopic (exact) mass is 381 g/mol. The third kappa shape index (κ3) is 3.89. The fourth-order valence-electron chi connectivity index (χ4n) is 2.44. The summed E-state index contributed by atoms with van der Waals surface area (Å²) in [4.78, 5) is 0. The Hall–Kier alpha value is -1.60. The number of nitrogens with zero attached hydrogens (tertiary/aromatic N) is 3. The van der Waals surface area contributed by atoms with Gasteiger partial charge in [0.15, 0.2) is 0 Å². The molecule has 0 aliphatic heterocycles. The Balaban J connectivity index is 1.72. The summed E-state index contributed by atoms with van der Waals surface area (Å²) in [5.74, 6) is 0. The van der Waals surface area contributed by atoms with Gasteiger partial charge in [-0.05, 0) is 30.2 Å². The van der Waals surface area contributed by atoms with Crippen molar-refractivity contribution >= 4 is 39.5 Å². The predicted octanol–water partition coefficient (Wildman–Crippen LogP) is 3.83. The summed E-state index contributed by atoms with van der Waals surface area (Å²) in [6.07, 6.45) is 2.48. The molecule has 24 heavy (non-hydrogen) atoms. The van der Waals surface area contributed by atoms with Gasteiger partial charge in [0.1, 0.15) is 0 Å². The molecule has 5 nitrogen and oxygen atoms in total. The van der Waals surface area contributed by atoms with Crippen LogP contribution in [0.1, 0.15) is 5.56 Å². The van der Waals surface area contributed by atoms with Crippen LogP contribution in [0, 0.1) is 0 Å². The minimum absolute atomic E-state index is 0.0832. The first-order chi connectivity index (χ1) is 11.6. The first-order valence-electron chi connectivity index (χ1n) is 7.41. The molecule has 3 rings (SSSR count). The van der Waals surface area contributed by atoms with Gasteiger partial charge in [0.05, 0.1) is 16.9 Å². The van der Waals surface area contributed by atoms with E-state index < -0.39 is 0 Å². The molecule has 0 radical (unpaired) electrons. The van der Waals surface area contributed by atoms with Crippen molar-refractivity contribution in [3.63, 3.8) is 0 Å². The molecule has 0 spiro atoms. The molecular formula is C16H17Cl2N5S. The van der Waals surface area contributed by atoms with Crippen LogP contribution in [0.15, 0.2) is 35.8 Å². The van der Waals surface area contributed by atoms with Crippen LogP contribution in [-0.4, -0.2) is 27.6 Å². The Morgan fingerprint density at radius 2 is 2.17 bits per heavy atom. The first kappa shape index (κ1) is 17.2. The molecule has 3 aromatic rings. The lowest BCUT2D eigenvalue weighted by atomic mass is 10.1. The second kappa shape index (κ2) is 7.53. The second-order valence-corrected chi connectivity index (χ2v) is 7.21. The minimum Gasteiger partial charge on any atom is -0.373 e. The lowest BCUT2D eigenvalue weighted by molar-refractivity contribution is 0.720. The predicted molar refractivity (Wildman–Crippen MR) is 101 cm³/mol. The molecule has 0 bridgehead atoms. The number of hydrogen-bond donors (Lipinski definition) is 2. The molecule has 2 aromatic heterocycles. The Labute approximate surface area is 154 Å². The van der Waals surface area contributed by atoms with Crippen molar-refractivity contribution in [1.29, 1.82) is 0 Å². The number of nitrogens with one attached hydrogen (secondary N) is 1. The number of anilines is 1. The number of rotatable bonds is 6. The van der Waals surface area contributed by atoms with Crippen LogP contribution < -0.4 is 11.1 Å². The van der Waals surface area contributed by atoms with E-state index in [4.69, 9.17) is 28.9 Å². The number of nitrogens with two attached hydrogens (primary N) is 1. The number of aryl methyl sites for hydroxylation is 1. The molecule has 3 N–H and O–H groups in total. The van der Waals surface area contributed by atoms with E-state index in [9.17, 15) is 0 Å². The van der Waals surface area contributed by atoms with Crippen molar-refractivity contribution in [2.75, 3.05) is 11.9 Å². The topological polar surface area (TPSA) is 68.8 Å². The SMILES string of the molecule is Cn1nncc1-c1csc(N[C@H](CN)Cc2ccc(Cl)cc2Cl)c1. The van der Waals surface area contributed by atoms with Gasteiger partial charge in [-0.25, -0.2) is 4.68 Å². The van der Waals surface area contributed by atoms with E-state index in [-0.39, 0.29) is 6.04 Å². The maximum atomic E-state index is 6.26. The summed E-state index contributed by atoms with van der Waals surface area (Å²) in [6, 6.07) is 7.70. The molecular weight excluding hydrogens is 365 g/mol.